The molecule has 2 aliphatic carbocycles. The number of nitrogens with one attached hydrogen (secondary N) is 1. The van der Waals surface area contributed by atoms with Gasteiger partial charge in [0, 0.05) is 23.6 Å². The lowest BCUT2D eigenvalue weighted by molar-refractivity contribution is 0.109. The van der Waals surface area contributed by atoms with E-state index in [1.54, 1.807) is 0 Å². The van der Waals surface area contributed by atoms with Gasteiger partial charge in [-0.15, -0.1) is 0 Å². The number of fused-ring (bicyclic) bond motifs is 4. The number of hydrogen-bond donors (Lipinski definition) is 2. The van der Waals surface area contributed by atoms with Crippen LogP contribution >= 0.6 is 0 Å². The fourth-order valence-corrected chi connectivity index (χ4v) is 6.81. The van der Waals surface area contributed by atoms with Crippen LogP contribution in [0.25, 0.3) is 10.9 Å². The molecule has 3 heteroatoms. The van der Waals surface area contributed by atoms with Crippen LogP contribution < -0.4 is 0 Å². The van der Waals surface area contributed by atoms with E-state index in [0.717, 1.165) is 41.2 Å². The predicted molar refractivity (Wildman–Crippen MR) is 115 cm³/mol. The molecule has 3 aliphatic rings. The van der Waals surface area contributed by atoms with E-state index in [0.29, 0.717) is 0 Å². The van der Waals surface area contributed by atoms with Crippen molar-refractivity contribution in [2.45, 2.75) is 64.4 Å². The minimum Gasteiger partial charge on any atom is -0.392 e. The summed E-state index contributed by atoms with van der Waals surface area (Å²) in [5.74, 6) is 4.25. The molecule has 0 spiro atoms. The highest BCUT2D eigenvalue weighted by atomic mass is 16.3. The van der Waals surface area contributed by atoms with E-state index in [4.69, 9.17) is 0 Å². The van der Waals surface area contributed by atoms with Crippen LogP contribution in [0.2, 0.25) is 0 Å². The molecule has 0 radical (unpaired) electrons. The van der Waals surface area contributed by atoms with E-state index in [-0.39, 0.29) is 6.61 Å². The Labute approximate surface area is 169 Å². The van der Waals surface area contributed by atoms with Crippen molar-refractivity contribution in [2.24, 2.45) is 23.7 Å². The lowest BCUT2D eigenvalue weighted by Gasteiger charge is -2.38. The van der Waals surface area contributed by atoms with Crippen LogP contribution in [0.4, 0.5) is 0 Å². The molecule has 28 heavy (non-hydrogen) atoms. The van der Waals surface area contributed by atoms with Crippen LogP contribution in [0.5, 0.6) is 0 Å². The number of H-pyrrole nitrogens is 1. The van der Waals surface area contributed by atoms with Crippen LogP contribution in [-0.4, -0.2) is 34.6 Å². The molecule has 1 saturated heterocycles. The average molecular weight is 381 g/mol. The minimum absolute atomic E-state index is 0.115. The third-order valence-electron chi connectivity index (χ3n) is 8.19. The van der Waals surface area contributed by atoms with Crippen LogP contribution in [0.3, 0.4) is 0 Å². The third kappa shape index (κ3) is 3.64. The van der Waals surface area contributed by atoms with Crippen molar-refractivity contribution in [2.75, 3.05) is 19.6 Å². The van der Waals surface area contributed by atoms with E-state index >= 15 is 0 Å². The summed E-state index contributed by atoms with van der Waals surface area (Å²) in [4.78, 5) is 6.16. The van der Waals surface area contributed by atoms with E-state index < -0.39 is 0 Å². The second-order valence-corrected chi connectivity index (χ2v) is 9.77. The molecule has 3 nitrogen and oxygen atoms in total. The lowest BCUT2D eigenvalue weighted by atomic mass is 9.75. The lowest BCUT2D eigenvalue weighted by Crippen LogP contribution is -2.40. The Morgan fingerprint density at radius 1 is 1.04 bits per heavy atom. The van der Waals surface area contributed by atoms with Crippen LogP contribution in [0.15, 0.2) is 24.4 Å². The molecular formula is C25H36N2O. The molecule has 1 aliphatic heterocycles. The maximum Gasteiger partial charge on any atom is 0.0682 e. The van der Waals surface area contributed by atoms with Crippen molar-refractivity contribution in [3.63, 3.8) is 0 Å². The van der Waals surface area contributed by atoms with Gasteiger partial charge in [-0.25, -0.2) is 0 Å². The molecule has 0 bridgehead atoms. The van der Waals surface area contributed by atoms with Gasteiger partial charge in [0.2, 0.25) is 0 Å². The molecule has 3 fully saturated rings. The van der Waals surface area contributed by atoms with Crippen molar-refractivity contribution >= 4 is 10.9 Å². The van der Waals surface area contributed by atoms with Crippen LogP contribution in [0, 0.1) is 23.7 Å². The van der Waals surface area contributed by atoms with Crippen LogP contribution in [0.1, 0.15) is 62.5 Å². The summed E-state index contributed by atoms with van der Waals surface area (Å²) in [6, 6.07) is 6.28. The van der Waals surface area contributed by atoms with Crippen molar-refractivity contribution in [3.8, 4) is 0 Å². The first kappa shape index (κ1) is 18.7. The van der Waals surface area contributed by atoms with Crippen molar-refractivity contribution in [1.29, 1.82) is 0 Å². The maximum absolute atomic E-state index is 9.30. The molecule has 152 valence electrons. The van der Waals surface area contributed by atoms with Gasteiger partial charge < -0.3 is 15.0 Å². The molecule has 2 aromatic rings. The largest absolute Gasteiger partial charge is 0.392 e. The fraction of sp³-hybridized carbons (Fsp3) is 0.680. The van der Waals surface area contributed by atoms with Gasteiger partial charge in [-0.3, -0.25) is 0 Å². The fourth-order valence-electron chi connectivity index (χ4n) is 6.81. The molecule has 2 heterocycles. The first-order valence-electron chi connectivity index (χ1n) is 11.7. The van der Waals surface area contributed by atoms with Gasteiger partial charge in [0.15, 0.2) is 0 Å². The monoisotopic (exact) mass is 380 g/mol. The summed E-state index contributed by atoms with van der Waals surface area (Å²) in [5.41, 5.74) is 3.57. The number of piperidine rings is 1. The van der Waals surface area contributed by atoms with Crippen LogP contribution in [-0.2, 0) is 13.0 Å². The SMILES string of the molecule is OCc1ccc2c(CCCCN3CCC4C(CC5CCCCC54)C3)c[nH]c2c1. The Kier molecular flexibility index (Phi) is 5.47. The number of aliphatic hydroxyl groups is 1. The summed E-state index contributed by atoms with van der Waals surface area (Å²) in [5, 5.41) is 10.6. The van der Waals surface area contributed by atoms with E-state index in [2.05, 4.69) is 28.2 Å². The predicted octanol–water partition coefficient (Wildman–Crippen LogP) is 5.13. The summed E-state index contributed by atoms with van der Waals surface area (Å²) in [6.07, 6.45) is 15.0. The van der Waals surface area contributed by atoms with Gasteiger partial charge in [0.1, 0.15) is 0 Å². The molecule has 2 N–H and O–H groups in total. The van der Waals surface area contributed by atoms with Gasteiger partial charge in [-0.2, -0.15) is 0 Å². The minimum atomic E-state index is 0.115. The molecule has 4 unspecified atom stereocenters. The number of unbranched alkanes of at least 4 members (excludes halogenated alkanes) is 1. The van der Waals surface area contributed by atoms with Gasteiger partial charge in [-0.05, 0) is 92.5 Å². The first-order valence-corrected chi connectivity index (χ1v) is 11.7. The zero-order valence-electron chi connectivity index (χ0n) is 17.2. The second-order valence-electron chi connectivity index (χ2n) is 9.77. The summed E-state index contributed by atoms with van der Waals surface area (Å²) in [7, 11) is 0. The highest BCUT2D eigenvalue weighted by Crippen LogP contribution is 2.51. The van der Waals surface area contributed by atoms with Crippen molar-refractivity contribution in [1.82, 2.24) is 9.88 Å². The Morgan fingerprint density at radius 3 is 2.86 bits per heavy atom. The normalized spacial score (nSPS) is 30.5. The number of aryl methyl sites for hydroxylation is 1. The Hall–Kier alpha value is -1.32. The van der Waals surface area contributed by atoms with Gasteiger partial charge >= 0.3 is 0 Å². The summed E-state index contributed by atoms with van der Waals surface area (Å²) in [6.45, 7) is 4.13. The Morgan fingerprint density at radius 2 is 1.93 bits per heavy atom. The molecule has 4 atom stereocenters. The number of rotatable bonds is 6. The van der Waals surface area contributed by atoms with Gasteiger partial charge in [0.05, 0.1) is 6.61 Å². The zero-order chi connectivity index (χ0) is 18.9. The molecule has 1 aromatic heterocycles. The van der Waals surface area contributed by atoms with Crippen molar-refractivity contribution < 1.29 is 5.11 Å². The summed E-state index contributed by atoms with van der Waals surface area (Å²) < 4.78 is 0. The topological polar surface area (TPSA) is 39.3 Å². The highest BCUT2D eigenvalue weighted by Gasteiger charge is 2.45. The number of nitrogens with zero attached hydrogens (tertiary/aromatic N) is 1. The maximum atomic E-state index is 9.30. The number of aromatic amines is 1. The molecular weight excluding hydrogens is 344 g/mol. The Balaban J connectivity index is 1.10. The first-order chi connectivity index (χ1) is 13.8. The third-order valence-corrected chi connectivity index (χ3v) is 8.19. The number of aliphatic hydroxyl groups excluding tert-OH is 1. The van der Waals surface area contributed by atoms with Gasteiger partial charge in [-0.1, -0.05) is 31.4 Å². The van der Waals surface area contributed by atoms with E-state index in [9.17, 15) is 5.11 Å². The molecule has 2 saturated carbocycles. The number of benzene rings is 1. The summed E-state index contributed by atoms with van der Waals surface area (Å²) >= 11 is 0. The van der Waals surface area contributed by atoms with Crippen molar-refractivity contribution in [3.05, 3.63) is 35.5 Å². The quantitative estimate of drug-likeness (QED) is 0.682. The smallest absolute Gasteiger partial charge is 0.0682 e. The molecule has 5 rings (SSSR count). The van der Waals surface area contributed by atoms with E-state index in [1.807, 2.05) is 6.07 Å². The highest BCUT2D eigenvalue weighted by molar-refractivity contribution is 5.83. The number of likely N-dealkylation sites (tertiary alicyclic amines) is 1. The standard InChI is InChI=1S/C25H36N2O/c28-17-18-8-9-24-20(15-26-25(24)13-18)6-3-4-11-27-12-10-23-21(16-27)14-19-5-1-2-7-22(19)23/h8-9,13,15,19,21-23,26,28H,1-7,10-12,14,16-17H2. The average Bonchev–Trinajstić information content (AvgIpc) is 3.31. The number of aromatic nitrogens is 1. The number of hydrogen-bond acceptors (Lipinski definition) is 2. The second kappa shape index (κ2) is 8.20. The zero-order valence-corrected chi connectivity index (χ0v) is 17.2. The molecule has 1 aromatic carbocycles. The van der Waals surface area contributed by atoms with E-state index in [1.165, 1.54) is 82.0 Å². The molecule has 0 amide bonds. The Bertz CT molecular complexity index is 797. The van der Waals surface area contributed by atoms with Gasteiger partial charge in [0.25, 0.3) is 0 Å².